The second-order valence-electron chi connectivity index (χ2n) is 4.13. The topological polar surface area (TPSA) is 42.0 Å². The van der Waals surface area contributed by atoms with E-state index in [2.05, 4.69) is 40.1 Å². The molecule has 16 heavy (non-hydrogen) atoms. The van der Waals surface area contributed by atoms with Crippen molar-refractivity contribution in [1.29, 1.82) is 0 Å². The number of carbonyl (C=O) groups is 1. The van der Waals surface area contributed by atoms with E-state index >= 15 is 0 Å². The molecular formula is C11H17BrN2OS. The summed E-state index contributed by atoms with van der Waals surface area (Å²) in [5.74, 6) is 0.402. The molecule has 1 N–H and O–H groups in total. The minimum atomic E-state index is -0.0127. The molecule has 3 nitrogen and oxygen atoms in total. The smallest absolute Gasteiger partial charge is 0.263 e. The Balaban J connectivity index is 2.75. The third kappa shape index (κ3) is 3.28. The lowest BCUT2D eigenvalue weighted by Gasteiger charge is -2.19. The van der Waals surface area contributed by atoms with E-state index in [1.165, 1.54) is 11.3 Å². The molecule has 1 rings (SSSR count). The lowest BCUT2D eigenvalue weighted by molar-refractivity contribution is 0.0935. The van der Waals surface area contributed by atoms with Crippen LogP contribution in [-0.2, 0) is 0 Å². The summed E-state index contributed by atoms with van der Waals surface area (Å²) in [6, 6.07) is 0.161. The van der Waals surface area contributed by atoms with Gasteiger partial charge in [-0.2, -0.15) is 0 Å². The van der Waals surface area contributed by atoms with Crippen molar-refractivity contribution in [3.63, 3.8) is 0 Å². The van der Waals surface area contributed by atoms with Gasteiger partial charge in [-0.25, -0.2) is 4.98 Å². The lowest BCUT2D eigenvalue weighted by atomic mass is 10.1. The number of hydrogen-bond acceptors (Lipinski definition) is 3. The van der Waals surface area contributed by atoms with Crippen molar-refractivity contribution in [3.05, 3.63) is 15.6 Å². The normalized spacial score (nSPS) is 12.9. The highest BCUT2D eigenvalue weighted by atomic mass is 79.9. The molecule has 1 aromatic rings. The molecular weight excluding hydrogens is 288 g/mol. The van der Waals surface area contributed by atoms with Gasteiger partial charge in [0.2, 0.25) is 0 Å². The maximum atomic E-state index is 12.0. The van der Waals surface area contributed by atoms with Crippen molar-refractivity contribution in [2.75, 3.05) is 5.33 Å². The zero-order valence-corrected chi connectivity index (χ0v) is 12.4. The van der Waals surface area contributed by atoms with Gasteiger partial charge in [-0.1, -0.05) is 29.8 Å². The quantitative estimate of drug-likeness (QED) is 0.869. The first-order valence-electron chi connectivity index (χ1n) is 5.26. The van der Waals surface area contributed by atoms with E-state index in [-0.39, 0.29) is 11.9 Å². The number of halogens is 1. The number of carbonyl (C=O) groups excluding carboxylic acids is 1. The van der Waals surface area contributed by atoms with E-state index < -0.39 is 0 Å². The predicted octanol–water partition coefficient (Wildman–Crippen LogP) is 2.91. The maximum absolute atomic E-state index is 12.0. The summed E-state index contributed by atoms with van der Waals surface area (Å²) in [6.45, 7) is 7.98. The van der Waals surface area contributed by atoms with Gasteiger partial charge < -0.3 is 5.32 Å². The third-order valence-corrected chi connectivity index (χ3v) is 4.17. The van der Waals surface area contributed by atoms with E-state index in [0.29, 0.717) is 5.92 Å². The van der Waals surface area contributed by atoms with Crippen molar-refractivity contribution < 1.29 is 4.79 Å². The Labute approximate surface area is 109 Å². The van der Waals surface area contributed by atoms with Crippen LogP contribution in [0.5, 0.6) is 0 Å². The first kappa shape index (κ1) is 13.6. The summed E-state index contributed by atoms with van der Waals surface area (Å²) in [5.41, 5.74) is 0.817. The van der Waals surface area contributed by atoms with E-state index in [0.717, 1.165) is 20.9 Å². The van der Waals surface area contributed by atoms with Crippen LogP contribution < -0.4 is 5.32 Å². The number of amides is 1. The Morgan fingerprint density at radius 2 is 2.12 bits per heavy atom. The van der Waals surface area contributed by atoms with Gasteiger partial charge in [0, 0.05) is 11.4 Å². The molecule has 1 heterocycles. The summed E-state index contributed by atoms with van der Waals surface area (Å²) in [5, 5.41) is 4.73. The number of alkyl halides is 1. The number of nitrogens with one attached hydrogen (secondary N) is 1. The van der Waals surface area contributed by atoms with Crippen LogP contribution in [0, 0.1) is 19.8 Å². The standard InChI is InChI=1S/C11H17BrN2OS/c1-6(2)9(5-12)14-11(15)10-7(3)13-8(4)16-10/h6,9H,5H2,1-4H3,(H,14,15). The molecule has 0 saturated heterocycles. The van der Waals surface area contributed by atoms with Crippen LogP contribution in [0.2, 0.25) is 0 Å². The minimum Gasteiger partial charge on any atom is -0.347 e. The Morgan fingerprint density at radius 3 is 2.50 bits per heavy atom. The fourth-order valence-corrected chi connectivity index (χ4v) is 3.09. The first-order valence-corrected chi connectivity index (χ1v) is 7.20. The van der Waals surface area contributed by atoms with Crippen molar-refractivity contribution in [3.8, 4) is 0 Å². The Bertz CT molecular complexity index is 376. The summed E-state index contributed by atoms with van der Waals surface area (Å²) in [6.07, 6.45) is 0. The average Bonchev–Trinajstić information content (AvgIpc) is 2.53. The van der Waals surface area contributed by atoms with Gasteiger partial charge in [0.25, 0.3) is 5.91 Å². The second kappa shape index (κ2) is 5.77. The monoisotopic (exact) mass is 304 g/mol. The molecule has 0 radical (unpaired) electrons. The van der Waals surface area contributed by atoms with E-state index in [4.69, 9.17) is 0 Å². The van der Waals surface area contributed by atoms with Crippen molar-refractivity contribution in [2.24, 2.45) is 5.92 Å². The number of aryl methyl sites for hydroxylation is 2. The van der Waals surface area contributed by atoms with Gasteiger partial charge in [-0.3, -0.25) is 4.79 Å². The van der Waals surface area contributed by atoms with E-state index in [1.807, 2.05) is 13.8 Å². The molecule has 90 valence electrons. The molecule has 5 heteroatoms. The fraction of sp³-hybridized carbons (Fsp3) is 0.636. The number of rotatable bonds is 4. The molecule has 0 aliphatic heterocycles. The summed E-state index contributed by atoms with van der Waals surface area (Å²) >= 11 is 4.86. The summed E-state index contributed by atoms with van der Waals surface area (Å²) in [4.78, 5) is 17.0. The molecule has 0 saturated carbocycles. The molecule has 1 atom stereocenters. The molecule has 1 aromatic heterocycles. The van der Waals surface area contributed by atoms with Gasteiger partial charge in [-0.15, -0.1) is 11.3 Å². The molecule has 0 spiro atoms. The van der Waals surface area contributed by atoms with E-state index in [1.54, 1.807) is 0 Å². The molecule has 1 amide bonds. The van der Waals surface area contributed by atoms with Gasteiger partial charge in [0.15, 0.2) is 0 Å². The highest BCUT2D eigenvalue weighted by Crippen LogP contribution is 2.17. The Kier molecular flexibility index (Phi) is 4.92. The van der Waals surface area contributed by atoms with Crippen LogP contribution in [0.25, 0.3) is 0 Å². The molecule has 0 aliphatic rings. The molecule has 0 aliphatic carbocycles. The second-order valence-corrected chi connectivity index (χ2v) is 5.98. The summed E-state index contributed by atoms with van der Waals surface area (Å²) < 4.78 is 0. The summed E-state index contributed by atoms with van der Waals surface area (Å²) in [7, 11) is 0. The minimum absolute atomic E-state index is 0.0127. The van der Waals surface area contributed by atoms with Crippen LogP contribution in [0.4, 0.5) is 0 Å². The van der Waals surface area contributed by atoms with Crippen molar-refractivity contribution in [1.82, 2.24) is 10.3 Å². The lowest BCUT2D eigenvalue weighted by Crippen LogP contribution is -2.39. The predicted molar refractivity (Wildman–Crippen MR) is 71.5 cm³/mol. The molecule has 0 fully saturated rings. The molecule has 0 aromatic carbocycles. The van der Waals surface area contributed by atoms with Crippen LogP contribution in [0.15, 0.2) is 0 Å². The number of nitrogens with zero attached hydrogens (tertiary/aromatic N) is 1. The number of hydrogen-bond donors (Lipinski definition) is 1. The SMILES string of the molecule is Cc1nc(C)c(C(=O)NC(CBr)C(C)C)s1. The largest absolute Gasteiger partial charge is 0.347 e. The Hall–Kier alpha value is -0.420. The highest BCUT2D eigenvalue weighted by molar-refractivity contribution is 9.09. The van der Waals surface area contributed by atoms with Crippen molar-refractivity contribution >= 4 is 33.2 Å². The van der Waals surface area contributed by atoms with Gasteiger partial charge in [-0.05, 0) is 19.8 Å². The first-order chi connectivity index (χ1) is 7.45. The van der Waals surface area contributed by atoms with Crippen LogP contribution in [-0.4, -0.2) is 22.3 Å². The number of thiazole rings is 1. The van der Waals surface area contributed by atoms with Gasteiger partial charge >= 0.3 is 0 Å². The third-order valence-electron chi connectivity index (χ3n) is 2.40. The van der Waals surface area contributed by atoms with Gasteiger partial charge in [0.05, 0.1) is 10.7 Å². The average molecular weight is 305 g/mol. The molecule has 1 unspecified atom stereocenters. The highest BCUT2D eigenvalue weighted by Gasteiger charge is 2.19. The van der Waals surface area contributed by atoms with Gasteiger partial charge in [0.1, 0.15) is 4.88 Å². The zero-order valence-electron chi connectivity index (χ0n) is 10.0. The fourth-order valence-electron chi connectivity index (χ4n) is 1.36. The van der Waals surface area contributed by atoms with Crippen LogP contribution in [0.3, 0.4) is 0 Å². The number of aromatic nitrogens is 1. The Morgan fingerprint density at radius 1 is 1.50 bits per heavy atom. The molecule has 0 bridgehead atoms. The van der Waals surface area contributed by atoms with Crippen molar-refractivity contribution in [2.45, 2.75) is 33.7 Å². The maximum Gasteiger partial charge on any atom is 0.263 e. The van der Waals surface area contributed by atoms with Crippen LogP contribution in [0.1, 0.15) is 34.2 Å². The van der Waals surface area contributed by atoms with Crippen LogP contribution >= 0.6 is 27.3 Å². The zero-order chi connectivity index (χ0) is 12.3. The van der Waals surface area contributed by atoms with E-state index in [9.17, 15) is 4.79 Å².